The largest absolute Gasteiger partial charge is 0.345 e. The number of amides is 1. The smallest absolute Gasteiger partial charge is 0.261 e. The first-order valence-electron chi connectivity index (χ1n) is 8.87. The summed E-state index contributed by atoms with van der Waals surface area (Å²) in [6, 6.07) is 21.1. The van der Waals surface area contributed by atoms with E-state index in [1.807, 2.05) is 49.4 Å². The van der Waals surface area contributed by atoms with E-state index in [-0.39, 0.29) is 11.9 Å². The van der Waals surface area contributed by atoms with Crippen LogP contribution in [0.3, 0.4) is 0 Å². The lowest BCUT2D eigenvalue weighted by Crippen LogP contribution is -2.26. The van der Waals surface area contributed by atoms with Crippen LogP contribution in [0.4, 0.5) is 8.78 Å². The first-order chi connectivity index (χ1) is 13.5. The number of halogens is 2. The van der Waals surface area contributed by atoms with Gasteiger partial charge in [-0.1, -0.05) is 48.5 Å². The second kappa shape index (κ2) is 7.52. The van der Waals surface area contributed by atoms with Crippen molar-refractivity contribution in [3.05, 3.63) is 94.9 Å². The molecule has 0 aliphatic rings. The minimum atomic E-state index is -0.901. The fraction of sp³-hybridized carbons (Fsp3) is 0.0870. The SMILES string of the molecule is C[C@H](NC(=O)c1ccc(-c2ccc(F)c(F)c2)s1)c1cccc2ccccc12. The Morgan fingerprint density at radius 2 is 1.71 bits per heavy atom. The Hall–Kier alpha value is -3.05. The average molecular weight is 393 g/mol. The molecular formula is C23H17F2NOS. The second-order valence-corrected chi connectivity index (χ2v) is 7.64. The molecule has 1 atom stereocenters. The van der Waals surface area contributed by atoms with Crippen LogP contribution < -0.4 is 5.32 Å². The molecule has 1 heterocycles. The molecule has 0 unspecified atom stereocenters. The summed E-state index contributed by atoms with van der Waals surface area (Å²) in [5, 5.41) is 5.25. The van der Waals surface area contributed by atoms with E-state index in [1.165, 1.54) is 17.4 Å². The van der Waals surface area contributed by atoms with Gasteiger partial charge in [0.05, 0.1) is 10.9 Å². The molecule has 0 fully saturated rings. The number of thiophene rings is 1. The van der Waals surface area contributed by atoms with E-state index in [9.17, 15) is 13.6 Å². The van der Waals surface area contributed by atoms with Crippen LogP contribution in [0.2, 0.25) is 0 Å². The van der Waals surface area contributed by atoms with Gasteiger partial charge >= 0.3 is 0 Å². The Kier molecular flexibility index (Phi) is 4.92. The maximum atomic E-state index is 13.5. The first-order valence-corrected chi connectivity index (χ1v) is 9.68. The van der Waals surface area contributed by atoms with Crippen molar-refractivity contribution in [2.75, 3.05) is 0 Å². The molecule has 28 heavy (non-hydrogen) atoms. The van der Waals surface area contributed by atoms with Gasteiger partial charge in [0.2, 0.25) is 0 Å². The van der Waals surface area contributed by atoms with Gasteiger partial charge in [-0.2, -0.15) is 0 Å². The summed E-state index contributed by atoms with van der Waals surface area (Å²) >= 11 is 1.25. The molecule has 0 bridgehead atoms. The number of carbonyl (C=O) groups excluding carboxylic acids is 1. The van der Waals surface area contributed by atoms with Crippen LogP contribution in [0, 0.1) is 11.6 Å². The van der Waals surface area contributed by atoms with Crippen molar-refractivity contribution in [1.29, 1.82) is 0 Å². The van der Waals surface area contributed by atoms with Crippen LogP contribution >= 0.6 is 11.3 Å². The number of carbonyl (C=O) groups is 1. The fourth-order valence-electron chi connectivity index (χ4n) is 3.24. The standard InChI is InChI=1S/C23H17F2NOS/c1-14(17-8-4-6-15-5-2-3-7-18(15)17)26-23(27)22-12-11-21(28-22)16-9-10-19(24)20(25)13-16/h2-14H,1H3,(H,26,27)/t14-/m0/s1. The molecule has 0 saturated heterocycles. The molecule has 3 aromatic carbocycles. The summed E-state index contributed by atoms with van der Waals surface area (Å²) in [4.78, 5) is 13.9. The lowest BCUT2D eigenvalue weighted by Gasteiger charge is -2.16. The number of nitrogens with one attached hydrogen (secondary N) is 1. The first kappa shape index (κ1) is 18.3. The molecule has 0 spiro atoms. The normalized spacial score (nSPS) is 12.1. The number of rotatable bonds is 4. The molecular weight excluding hydrogens is 376 g/mol. The number of hydrogen-bond donors (Lipinski definition) is 1. The zero-order valence-corrected chi connectivity index (χ0v) is 15.9. The summed E-state index contributed by atoms with van der Waals surface area (Å²) in [5.74, 6) is -1.98. The van der Waals surface area contributed by atoms with E-state index in [2.05, 4.69) is 5.32 Å². The third-order valence-electron chi connectivity index (χ3n) is 4.67. The molecule has 4 rings (SSSR count). The Morgan fingerprint density at radius 1 is 0.929 bits per heavy atom. The van der Waals surface area contributed by atoms with Crippen LogP contribution in [0.25, 0.3) is 21.2 Å². The highest BCUT2D eigenvalue weighted by atomic mass is 32.1. The minimum absolute atomic E-state index is 0.174. The molecule has 1 aromatic heterocycles. The summed E-state index contributed by atoms with van der Waals surface area (Å²) in [7, 11) is 0. The van der Waals surface area contributed by atoms with Crippen LogP contribution in [0.5, 0.6) is 0 Å². The predicted molar refractivity (Wildman–Crippen MR) is 110 cm³/mol. The highest BCUT2D eigenvalue weighted by Crippen LogP contribution is 2.30. The van der Waals surface area contributed by atoms with Crippen LogP contribution in [-0.4, -0.2) is 5.91 Å². The monoisotopic (exact) mass is 393 g/mol. The van der Waals surface area contributed by atoms with Crippen molar-refractivity contribution in [2.45, 2.75) is 13.0 Å². The molecule has 1 amide bonds. The minimum Gasteiger partial charge on any atom is -0.345 e. The Morgan fingerprint density at radius 3 is 2.54 bits per heavy atom. The highest BCUT2D eigenvalue weighted by Gasteiger charge is 2.16. The summed E-state index contributed by atoms with van der Waals surface area (Å²) in [6.45, 7) is 1.95. The van der Waals surface area contributed by atoms with E-state index in [4.69, 9.17) is 0 Å². The van der Waals surface area contributed by atoms with Gasteiger partial charge in [-0.3, -0.25) is 4.79 Å². The number of fused-ring (bicyclic) bond motifs is 1. The van der Waals surface area contributed by atoms with Gasteiger partial charge in [0.15, 0.2) is 11.6 Å². The van der Waals surface area contributed by atoms with Crippen molar-refractivity contribution in [1.82, 2.24) is 5.32 Å². The van der Waals surface area contributed by atoms with Crippen LogP contribution in [-0.2, 0) is 0 Å². The third kappa shape index (κ3) is 3.53. The van der Waals surface area contributed by atoms with Crippen molar-refractivity contribution < 1.29 is 13.6 Å². The topological polar surface area (TPSA) is 29.1 Å². The zero-order chi connectivity index (χ0) is 19.7. The molecule has 0 aliphatic carbocycles. The lowest BCUT2D eigenvalue weighted by atomic mass is 10.00. The van der Waals surface area contributed by atoms with Gasteiger partial charge in [0.1, 0.15) is 0 Å². The maximum absolute atomic E-state index is 13.5. The zero-order valence-electron chi connectivity index (χ0n) is 15.1. The van der Waals surface area contributed by atoms with E-state index in [0.717, 1.165) is 28.5 Å². The fourth-order valence-corrected chi connectivity index (χ4v) is 4.14. The van der Waals surface area contributed by atoms with Crippen molar-refractivity contribution in [3.8, 4) is 10.4 Å². The van der Waals surface area contributed by atoms with Crippen LogP contribution in [0.1, 0.15) is 28.2 Å². The summed E-state index contributed by atoms with van der Waals surface area (Å²) in [6.07, 6.45) is 0. The third-order valence-corrected chi connectivity index (χ3v) is 5.80. The van der Waals surface area contributed by atoms with Gasteiger partial charge in [-0.15, -0.1) is 11.3 Å². The summed E-state index contributed by atoms with van der Waals surface area (Å²) in [5.41, 5.74) is 1.59. The van der Waals surface area contributed by atoms with Crippen molar-refractivity contribution >= 4 is 28.0 Å². The van der Waals surface area contributed by atoms with E-state index in [1.54, 1.807) is 12.1 Å². The van der Waals surface area contributed by atoms with Gasteiger partial charge in [-0.05, 0) is 53.1 Å². The van der Waals surface area contributed by atoms with Gasteiger partial charge in [-0.25, -0.2) is 8.78 Å². The van der Waals surface area contributed by atoms with Crippen LogP contribution in [0.15, 0.2) is 72.8 Å². The predicted octanol–water partition coefficient (Wildman–Crippen LogP) is 6.34. The summed E-state index contributed by atoms with van der Waals surface area (Å²) < 4.78 is 26.6. The maximum Gasteiger partial charge on any atom is 0.261 e. The quantitative estimate of drug-likeness (QED) is 0.431. The molecule has 1 N–H and O–H groups in total. The molecule has 0 aliphatic heterocycles. The number of benzene rings is 3. The molecule has 4 aromatic rings. The molecule has 2 nitrogen and oxygen atoms in total. The van der Waals surface area contributed by atoms with E-state index < -0.39 is 11.6 Å². The highest BCUT2D eigenvalue weighted by molar-refractivity contribution is 7.17. The molecule has 140 valence electrons. The Labute approximate surface area is 165 Å². The van der Waals surface area contributed by atoms with Crippen molar-refractivity contribution in [2.24, 2.45) is 0 Å². The van der Waals surface area contributed by atoms with Crippen molar-refractivity contribution in [3.63, 3.8) is 0 Å². The number of hydrogen-bond acceptors (Lipinski definition) is 2. The lowest BCUT2D eigenvalue weighted by molar-refractivity contribution is 0.0944. The van der Waals surface area contributed by atoms with Gasteiger partial charge in [0, 0.05) is 4.88 Å². The van der Waals surface area contributed by atoms with Gasteiger partial charge in [0.25, 0.3) is 5.91 Å². The van der Waals surface area contributed by atoms with Gasteiger partial charge < -0.3 is 5.32 Å². The van der Waals surface area contributed by atoms with E-state index >= 15 is 0 Å². The molecule has 5 heteroatoms. The molecule has 0 radical (unpaired) electrons. The Bertz CT molecular complexity index is 1160. The Balaban J connectivity index is 1.55. The molecule has 0 saturated carbocycles. The average Bonchev–Trinajstić information content (AvgIpc) is 3.20. The van der Waals surface area contributed by atoms with E-state index in [0.29, 0.717) is 15.3 Å². The second-order valence-electron chi connectivity index (χ2n) is 6.56.